The zero-order valence-corrected chi connectivity index (χ0v) is 15.8. The van der Waals surface area contributed by atoms with E-state index in [4.69, 9.17) is 21.1 Å². The third kappa shape index (κ3) is 3.41. The van der Waals surface area contributed by atoms with Gasteiger partial charge in [0.15, 0.2) is 11.5 Å². The molecule has 0 radical (unpaired) electrons. The number of hydrogen-bond acceptors (Lipinski definition) is 4. The smallest absolute Gasteiger partial charge is 0.243 e. The highest BCUT2D eigenvalue weighted by molar-refractivity contribution is 7.89. The molecular formula is C19H20ClNO4S. The summed E-state index contributed by atoms with van der Waals surface area (Å²) in [4.78, 5) is 0.234. The predicted octanol–water partition coefficient (Wildman–Crippen LogP) is 4.20. The number of ether oxygens (including phenoxy) is 2. The first-order chi connectivity index (χ1) is 12.5. The van der Waals surface area contributed by atoms with Crippen LogP contribution in [0.25, 0.3) is 0 Å². The van der Waals surface area contributed by atoms with Gasteiger partial charge in [-0.2, -0.15) is 4.31 Å². The van der Waals surface area contributed by atoms with Crippen LogP contribution in [-0.4, -0.2) is 25.6 Å². The number of benzene rings is 2. The minimum Gasteiger partial charge on any atom is -0.454 e. The van der Waals surface area contributed by atoms with Gasteiger partial charge in [0.2, 0.25) is 16.8 Å². The monoisotopic (exact) mass is 393 g/mol. The summed E-state index contributed by atoms with van der Waals surface area (Å²) in [5, 5.41) is 0.417. The molecule has 0 amide bonds. The zero-order chi connectivity index (χ0) is 18.1. The van der Waals surface area contributed by atoms with Crippen molar-refractivity contribution in [1.82, 2.24) is 4.31 Å². The first-order valence-corrected chi connectivity index (χ1v) is 10.5. The quantitative estimate of drug-likeness (QED) is 0.763. The van der Waals surface area contributed by atoms with Gasteiger partial charge in [-0.05, 0) is 48.7 Å². The lowest BCUT2D eigenvalue weighted by Crippen LogP contribution is -2.38. The Labute approximate surface area is 158 Å². The maximum atomic E-state index is 13.3. The lowest BCUT2D eigenvalue weighted by Gasteiger charge is -2.28. The van der Waals surface area contributed by atoms with Crippen LogP contribution < -0.4 is 9.47 Å². The highest BCUT2D eigenvalue weighted by atomic mass is 35.5. The molecule has 1 fully saturated rings. The number of hydrogen-bond donors (Lipinski definition) is 0. The molecule has 4 rings (SSSR count). The molecule has 1 aliphatic carbocycles. The molecule has 0 atom stereocenters. The highest BCUT2D eigenvalue weighted by Crippen LogP contribution is 2.35. The van der Waals surface area contributed by atoms with Crippen LogP contribution in [0.2, 0.25) is 5.02 Å². The van der Waals surface area contributed by atoms with Gasteiger partial charge in [0.25, 0.3) is 0 Å². The molecule has 2 aromatic carbocycles. The van der Waals surface area contributed by atoms with E-state index in [0.29, 0.717) is 23.1 Å². The summed E-state index contributed by atoms with van der Waals surface area (Å²) in [6.45, 7) is 0.502. The van der Waals surface area contributed by atoms with E-state index < -0.39 is 10.0 Å². The molecule has 138 valence electrons. The Morgan fingerprint density at radius 3 is 2.58 bits per heavy atom. The van der Waals surface area contributed by atoms with Crippen molar-refractivity contribution in [2.75, 3.05) is 6.79 Å². The second-order valence-electron chi connectivity index (χ2n) is 6.63. The number of fused-ring (bicyclic) bond motifs is 1. The third-order valence-corrected chi connectivity index (χ3v) is 7.04. The first-order valence-electron chi connectivity index (χ1n) is 8.70. The molecule has 2 aromatic rings. The van der Waals surface area contributed by atoms with Crippen LogP contribution in [-0.2, 0) is 16.6 Å². The fourth-order valence-corrected chi connectivity index (χ4v) is 5.56. The van der Waals surface area contributed by atoms with E-state index in [-0.39, 0.29) is 17.7 Å². The van der Waals surface area contributed by atoms with Crippen LogP contribution in [0.15, 0.2) is 47.4 Å². The summed E-state index contributed by atoms with van der Waals surface area (Å²) in [7, 11) is -3.64. The largest absolute Gasteiger partial charge is 0.454 e. The van der Waals surface area contributed by atoms with Crippen LogP contribution in [0.4, 0.5) is 0 Å². The maximum absolute atomic E-state index is 13.3. The van der Waals surface area contributed by atoms with Crippen LogP contribution in [0.1, 0.15) is 31.2 Å². The molecule has 26 heavy (non-hydrogen) atoms. The van der Waals surface area contributed by atoms with E-state index in [0.717, 1.165) is 31.2 Å². The second-order valence-corrected chi connectivity index (χ2v) is 8.96. The molecule has 0 unspecified atom stereocenters. The molecule has 0 N–H and O–H groups in total. The maximum Gasteiger partial charge on any atom is 0.243 e. The van der Waals surface area contributed by atoms with Crippen molar-refractivity contribution in [2.45, 2.75) is 43.2 Å². The van der Waals surface area contributed by atoms with Crippen molar-refractivity contribution in [1.29, 1.82) is 0 Å². The molecule has 5 nitrogen and oxygen atoms in total. The van der Waals surface area contributed by atoms with Gasteiger partial charge in [0.05, 0.1) is 4.90 Å². The number of rotatable bonds is 5. The van der Waals surface area contributed by atoms with Crippen LogP contribution in [0, 0.1) is 0 Å². The van der Waals surface area contributed by atoms with Crippen molar-refractivity contribution in [3.8, 4) is 11.5 Å². The van der Waals surface area contributed by atoms with Crippen molar-refractivity contribution in [3.63, 3.8) is 0 Å². The summed E-state index contributed by atoms with van der Waals surface area (Å²) in [5.41, 5.74) is 0.881. The zero-order valence-electron chi connectivity index (χ0n) is 14.2. The van der Waals surface area contributed by atoms with Crippen LogP contribution in [0.3, 0.4) is 0 Å². The summed E-state index contributed by atoms with van der Waals surface area (Å²) < 4.78 is 39.0. The minimum atomic E-state index is -3.64. The normalized spacial score (nSPS) is 17.2. The first kappa shape index (κ1) is 17.6. The summed E-state index contributed by atoms with van der Waals surface area (Å²) in [6, 6.07) is 12.0. The standard InChI is InChI=1S/C19H20ClNO4S/c20-15-4-3-7-17(11-15)26(22,23)21(16-5-1-2-6-16)12-14-8-9-18-19(10-14)25-13-24-18/h3-4,7-11,16H,1-2,5-6,12-13H2. The van der Waals surface area contributed by atoms with Gasteiger partial charge in [-0.3, -0.25) is 0 Å². The Kier molecular flexibility index (Phi) is 4.82. The van der Waals surface area contributed by atoms with Gasteiger partial charge in [-0.25, -0.2) is 8.42 Å². The lowest BCUT2D eigenvalue weighted by atomic mass is 10.1. The summed E-state index contributed by atoms with van der Waals surface area (Å²) >= 11 is 6.03. The van der Waals surface area contributed by atoms with Gasteiger partial charge >= 0.3 is 0 Å². The van der Waals surface area contributed by atoms with Gasteiger partial charge in [-0.15, -0.1) is 0 Å². The van der Waals surface area contributed by atoms with Gasteiger partial charge in [0, 0.05) is 17.6 Å². The van der Waals surface area contributed by atoms with E-state index in [1.54, 1.807) is 22.5 Å². The molecular weight excluding hydrogens is 374 g/mol. The molecule has 0 spiro atoms. The van der Waals surface area contributed by atoms with Gasteiger partial charge in [0.1, 0.15) is 0 Å². The van der Waals surface area contributed by atoms with Crippen LogP contribution in [0.5, 0.6) is 11.5 Å². The Balaban J connectivity index is 1.68. The van der Waals surface area contributed by atoms with E-state index in [1.807, 2.05) is 18.2 Å². The molecule has 2 aliphatic rings. The van der Waals surface area contributed by atoms with Crippen molar-refractivity contribution in [2.24, 2.45) is 0 Å². The second kappa shape index (κ2) is 7.10. The van der Waals surface area contributed by atoms with E-state index in [2.05, 4.69) is 0 Å². The van der Waals surface area contributed by atoms with E-state index in [9.17, 15) is 8.42 Å². The predicted molar refractivity (Wildman–Crippen MR) is 99.0 cm³/mol. The molecule has 1 heterocycles. The molecule has 0 aromatic heterocycles. The third-order valence-electron chi connectivity index (χ3n) is 4.91. The van der Waals surface area contributed by atoms with Gasteiger partial charge in [-0.1, -0.05) is 36.6 Å². The Morgan fingerprint density at radius 2 is 1.81 bits per heavy atom. The average Bonchev–Trinajstić information content (AvgIpc) is 3.30. The van der Waals surface area contributed by atoms with Crippen LogP contribution >= 0.6 is 11.6 Å². The van der Waals surface area contributed by atoms with Crippen molar-refractivity contribution >= 4 is 21.6 Å². The summed E-state index contributed by atoms with van der Waals surface area (Å²) in [6.07, 6.45) is 3.86. The van der Waals surface area contributed by atoms with Crippen molar-refractivity contribution < 1.29 is 17.9 Å². The molecule has 1 aliphatic heterocycles. The molecule has 1 saturated carbocycles. The number of sulfonamides is 1. The van der Waals surface area contributed by atoms with Crippen molar-refractivity contribution in [3.05, 3.63) is 53.1 Å². The van der Waals surface area contributed by atoms with E-state index >= 15 is 0 Å². The Morgan fingerprint density at radius 1 is 1.04 bits per heavy atom. The minimum absolute atomic E-state index is 0.00408. The fourth-order valence-electron chi connectivity index (χ4n) is 3.58. The van der Waals surface area contributed by atoms with E-state index in [1.165, 1.54) is 6.07 Å². The average molecular weight is 394 g/mol. The SMILES string of the molecule is O=S(=O)(c1cccc(Cl)c1)N(Cc1ccc2c(c1)OCO2)C1CCCC1. The molecule has 0 saturated heterocycles. The topological polar surface area (TPSA) is 55.8 Å². The molecule has 7 heteroatoms. The Bertz CT molecular complexity index is 910. The lowest BCUT2D eigenvalue weighted by molar-refractivity contribution is 0.174. The number of halogens is 1. The summed E-state index contributed by atoms with van der Waals surface area (Å²) in [5.74, 6) is 1.35. The highest BCUT2D eigenvalue weighted by Gasteiger charge is 2.33. The fraction of sp³-hybridized carbons (Fsp3) is 0.368. The number of nitrogens with zero attached hydrogens (tertiary/aromatic N) is 1. The molecule has 0 bridgehead atoms. The van der Waals surface area contributed by atoms with Gasteiger partial charge < -0.3 is 9.47 Å². The Hall–Kier alpha value is -1.76.